The van der Waals surface area contributed by atoms with Crippen molar-refractivity contribution < 1.29 is 27.5 Å². The van der Waals surface area contributed by atoms with Crippen LogP contribution in [0.2, 0.25) is 0 Å². The SMILES string of the molecule is CCOC(=O)c1ccc(N2C(=O)CC(N(C3CC3)S(=O)(=O)c3ccc(Br)cc3)C2=O)cc1. The summed E-state index contributed by atoms with van der Waals surface area (Å²) < 4.78 is 33.6. The third-order valence-electron chi connectivity index (χ3n) is 5.36. The number of halogens is 1. The zero-order valence-electron chi connectivity index (χ0n) is 17.2. The number of benzene rings is 2. The smallest absolute Gasteiger partial charge is 0.338 e. The maximum atomic E-state index is 13.4. The van der Waals surface area contributed by atoms with Crippen LogP contribution in [0.25, 0.3) is 0 Å². The number of amides is 2. The number of imide groups is 1. The van der Waals surface area contributed by atoms with E-state index in [4.69, 9.17) is 4.74 Å². The highest BCUT2D eigenvalue weighted by atomic mass is 79.9. The van der Waals surface area contributed by atoms with Gasteiger partial charge in [0.25, 0.3) is 5.91 Å². The molecule has 2 amide bonds. The third-order valence-corrected chi connectivity index (χ3v) is 7.87. The van der Waals surface area contributed by atoms with Gasteiger partial charge >= 0.3 is 5.97 Å². The predicted octanol–water partition coefficient (Wildman–Crippen LogP) is 3.11. The first-order chi connectivity index (χ1) is 15.2. The molecule has 168 valence electrons. The van der Waals surface area contributed by atoms with Crippen molar-refractivity contribution in [2.45, 2.75) is 43.2 Å². The van der Waals surface area contributed by atoms with Crippen LogP contribution in [0.5, 0.6) is 0 Å². The normalized spacial score (nSPS) is 19.0. The standard InChI is InChI=1S/C22H21BrN2O6S/c1-2-31-22(28)14-3-7-16(8-4-14)24-20(26)13-19(21(24)27)25(17-9-10-17)32(29,30)18-11-5-15(23)6-12-18/h3-8,11-12,17,19H,2,9-10,13H2,1H3. The van der Waals surface area contributed by atoms with Crippen molar-refractivity contribution in [3.63, 3.8) is 0 Å². The molecule has 2 aliphatic rings. The number of rotatable bonds is 7. The van der Waals surface area contributed by atoms with Crippen molar-refractivity contribution in [1.29, 1.82) is 0 Å². The summed E-state index contributed by atoms with van der Waals surface area (Å²) in [4.78, 5) is 38.9. The van der Waals surface area contributed by atoms with Crippen molar-refractivity contribution in [3.05, 3.63) is 58.6 Å². The van der Waals surface area contributed by atoms with E-state index in [-0.39, 0.29) is 29.7 Å². The van der Waals surface area contributed by atoms with Crippen LogP contribution < -0.4 is 4.90 Å². The Labute approximate surface area is 194 Å². The Hall–Kier alpha value is -2.56. The zero-order chi connectivity index (χ0) is 23.0. The Morgan fingerprint density at radius 1 is 1.09 bits per heavy atom. The van der Waals surface area contributed by atoms with Crippen molar-refractivity contribution >= 4 is 49.4 Å². The molecular weight excluding hydrogens is 500 g/mol. The average molecular weight is 521 g/mol. The van der Waals surface area contributed by atoms with Crippen molar-refractivity contribution in [1.82, 2.24) is 4.31 Å². The van der Waals surface area contributed by atoms with Gasteiger partial charge in [0.1, 0.15) is 6.04 Å². The second kappa shape index (κ2) is 8.76. The van der Waals surface area contributed by atoms with E-state index >= 15 is 0 Å². The topological polar surface area (TPSA) is 101 Å². The molecule has 10 heteroatoms. The van der Waals surface area contributed by atoms with Crippen LogP contribution in [0.3, 0.4) is 0 Å². The van der Waals surface area contributed by atoms with E-state index in [9.17, 15) is 22.8 Å². The summed E-state index contributed by atoms with van der Waals surface area (Å²) in [7, 11) is -3.97. The van der Waals surface area contributed by atoms with Gasteiger partial charge in [-0.25, -0.2) is 18.1 Å². The molecule has 1 aliphatic carbocycles. The largest absolute Gasteiger partial charge is 0.462 e. The summed E-state index contributed by atoms with van der Waals surface area (Å²) in [6.07, 6.45) is 1.05. The van der Waals surface area contributed by atoms with Gasteiger partial charge in [0.2, 0.25) is 15.9 Å². The second-order valence-electron chi connectivity index (χ2n) is 7.57. The lowest BCUT2D eigenvalue weighted by molar-refractivity contribution is -0.122. The molecule has 0 spiro atoms. The molecule has 1 heterocycles. The summed E-state index contributed by atoms with van der Waals surface area (Å²) in [5.74, 6) is -1.58. The van der Waals surface area contributed by atoms with E-state index < -0.39 is 33.8 Å². The lowest BCUT2D eigenvalue weighted by atomic mass is 10.2. The third kappa shape index (κ3) is 4.22. The number of ether oxygens (including phenoxy) is 1. The molecule has 1 saturated carbocycles. The highest BCUT2D eigenvalue weighted by Gasteiger charge is 2.51. The molecule has 1 unspecified atom stereocenters. The summed E-state index contributed by atoms with van der Waals surface area (Å²) in [6.45, 7) is 1.93. The van der Waals surface area contributed by atoms with Crippen molar-refractivity contribution in [2.24, 2.45) is 0 Å². The monoisotopic (exact) mass is 520 g/mol. The van der Waals surface area contributed by atoms with Gasteiger partial charge < -0.3 is 4.74 Å². The Morgan fingerprint density at radius 2 is 1.72 bits per heavy atom. The maximum absolute atomic E-state index is 13.4. The Morgan fingerprint density at radius 3 is 2.28 bits per heavy atom. The molecule has 1 aliphatic heterocycles. The predicted molar refractivity (Wildman–Crippen MR) is 119 cm³/mol. The average Bonchev–Trinajstić information content (AvgIpc) is 3.54. The van der Waals surface area contributed by atoms with Crippen LogP contribution in [0.15, 0.2) is 57.9 Å². The maximum Gasteiger partial charge on any atom is 0.338 e. The first kappa shape index (κ1) is 22.6. The van der Waals surface area contributed by atoms with E-state index in [1.165, 1.54) is 40.7 Å². The summed E-state index contributed by atoms with van der Waals surface area (Å²) in [5, 5.41) is 0. The van der Waals surface area contributed by atoms with Gasteiger partial charge in [0.05, 0.1) is 29.2 Å². The van der Waals surface area contributed by atoms with E-state index in [0.29, 0.717) is 18.4 Å². The molecule has 2 fully saturated rings. The van der Waals surface area contributed by atoms with Crippen LogP contribution in [-0.4, -0.2) is 49.2 Å². The Kier molecular flexibility index (Phi) is 6.19. The van der Waals surface area contributed by atoms with Crippen molar-refractivity contribution in [3.8, 4) is 0 Å². The number of carbonyl (C=O) groups excluding carboxylic acids is 3. The van der Waals surface area contributed by atoms with Gasteiger partial charge in [0, 0.05) is 10.5 Å². The highest BCUT2D eigenvalue weighted by Crippen LogP contribution is 2.38. The molecule has 1 saturated heterocycles. The Bertz CT molecular complexity index is 1160. The van der Waals surface area contributed by atoms with Crippen LogP contribution >= 0.6 is 15.9 Å². The van der Waals surface area contributed by atoms with Gasteiger partial charge in [-0.05, 0) is 68.3 Å². The number of hydrogen-bond acceptors (Lipinski definition) is 6. The molecule has 32 heavy (non-hydrogen) atoms. The van der Waals surface area contributed by atoms with Gasteiger partial charge in [-0.3, -0.25) is 9.59 Å². The minimum Gasteiger partial charge on any atom is -0.462 e. The van der Waals surface area contributed by atoms with Crippen LogP contribution in [0, 0.1) is 0 Å². The van der Waals surface area contributed by atoms with E-state index in [1.807, 2.05) is 0 Å². The number of carbonyl (C=O) groups is 3. The Balaban J connectivity index is 1.62. The molecule has 2 aromatic carbocycles. The molecule has 0 radical (unpaired) electrons. The summed E-state index contributed by atoms with van der Waals surface area (Å²) in [5.41, 5.74) is 0.580. The highest BCUT2D eigenvalue weighted by molar-refractivity contribution is 9.10. The minimum atomic E-state index is -3.97. The molecule has 0 N–H and O–H groups in total. The van der Waals surface area contributed by atoms with E-state index in [1.54, 1.807) is 19.1 Å². The number of anilines is 1. The first-order valence-electron chi connectivity index (χ1n) is 10.2. The number of esters is 1. The van der Waals surface area contributed by atoms with Gasteiger partial charge in [0.15, 0.2) is 0 Å². The van der Waals surface area contributed by atoms with Crippen LogP contribution in [0.1, 0.15) is 36.5 Å². The molecule has 8 nitrogen and oxygen atoms in total. The number of hydrogen-bond donors (Lipinski definition) is 0. The number of sulfonamides is 1. The fourth-order valence-corrected chi connectivity index (χ4v) is 5.81. The summed E-state index contributed by atoms with van der Waals surface area (Å²) in [6, 6.07) is 10.7. The lowest BCUT2D eigenvalue weighted by Gasteiger charge is -2.26. The molecule has 0 aromatic heterocycles. The molecule has 1 atom stereocenters. The number of nitrogens with zero attached hydrogens (tertiary/aromatic N) is 2. The van der Waals surface area contributed by atoms with Crippen LogP contribution in [-0.2, 0) is 24.3 Å². The molecule has 4 rings (SSSR count). The fraction of sp³-hybridized carbons (Fsp3) is 0.318. The summed E-state index contributed by atoms with van der Waals surface area (Å²) >= 11 is 3.29. The quantitative estimate of drug-likeness (QED) is 0.410. The lowest BCUT2D eigenvalue weighted by Crippen LogP contribution is -2.46. The molecule has 0 bridgehead atoms. The van der Waals surface area contributed by atoms with E-state index in [2.05, 4.69) is 15.9 Å². The van der Waals surface area contributed by atoms with E-state index in [0.717, 1.165) is 9.37 Å². The van der Waals surface area contributed by atoms with Crippen LogP contribution in [0.4, 0.5) is 5.69 Å². The first-order valence-corrected chi connectivity index (χ1v) is 12.4. The minimum absolute atomic E-state index is 0.0742. The molecule has 2 aromatic rings. The molecular formula is C22H21BrN2O6S. The zero-order valence-corrected chi connectivity index (χ0v) is 19.6. The second-order valence-corrected chi connectivity index (χ2v) is 10.3. The van der Waals surface area contributed by atoms with Gasteiger partial charge in [-0.2, -0.15) is 4.31 Å². The van der Waals surface area contributed by atoms with Gasteiger partial charge in [-0.1, -0.05) is 15.9 Å². The fourth-order valence-electron chi connectivity index (χ4n) is 3.72. The van der Waals surface area contributed by atoms with Crippen molar-refractivity contribution in [2.75, 3.05) is 11.5 Å². The van der Waals surface area contributed by atoms with Gasteiger partial charge in [-0.15, -0.1) is 0 Å².